The van der Waals surface area contributed by atoms with Gasteiger partial charge in [0, 0.05) is 12.6 Å². The van der Waals surface area contributed by atoms with Crippen LogP contribution in [0.2, 0.25) is 0 Å². The second-order valence-electron chi connectivity index (χ2n) is 7.27. The van der Waals surface area contributed by atoms with Gasteiger partial charge in [-0.15, -0.1) is 0 Å². The Bertz CT molecular complexity index is 537. The summed E-state index contributed by atoms with van der Waals surface area (Å²) in [6.07, 6.45) is 2.90. The minimum Gasteiger partial charge on any atom is -0.394 e. The molecule has 4 atom stereocenters. The Morgan fingerprint density at radius 2 is 1.71 bits per heavy atom. The van der Waals surface area contributed by atoms with Crippen LogP contribution in [0, 0.1) is 0 Å². The summed E-state index contributed by atoms with van der Waals surface area (Å²) < 4.78 is 25.9. The van der Waals surface area contributed by atoms with Gasteiger partial charge in [0.15, 0.2) is 11.6 Å². The summed E-state index contributed by atoms with van der Waals surface area (Å²) in [7, 11) is 0. The van der Waals surface area contributed by atoms with Gasteiger partial charge in [0.25, 0.3) is 0 Å². The average molecular weight is 405 g/mol. The Hall–Kier alpha value is -0.510. The molecule has 0 aliphatic carbocycles. The van der Waals surface area contributed by atoms with Gasteiger partial charge < -0.3 is 24.1 Å². The van der Waals surface area contributed by atoms with E-state index >= 15 is 0 Å². The highest BCUT2D eigenvalue weighted by molar-refractivity contribution is 9.07. The molecule has 3 aliphatic heterocycles. The molecule has 8 heteroatoms. The van der Waals surface area contributed by atoms with Crippen molar-refractivity contribution in [2.24, 2.45) is 4.99 Å². The van der Waals surface area contributed by atoms with Crippen molar-refractivity contribution in [3.63, 3.8) is 0 Å². The van der Waals surface area contributed by atoms with Gasteiger partial charge in [-0.25, -0.2) is 4.99 Å². The summed E-state index contributed by atoms with van der Waals surface area (Å²) in [5.74, 6) is -1.46. The number of halogens is 1. The number of aliphatic hydroxyl groups is 1. The fraction of sp³-hybridized carbons (Fsp3) is 0.812. The second-order valence-corrected chi connectivity index (χ2v) is 8.18. The first kappa shape index (κ1) is 18.3. The van der Waals surface area contributed by atoms with Gasteiger partial charge in [0.05, 0.1) is 35.4 Å². The number of nitrogens with zero attached hydrogens (tertiary/aromatic N) is 2. The van der Waals surface area contributed by atoms with Crippen molar-refractivity contribution in [2.45, 2.75) is 70.1 Å². The lowest BCUT2D eigenvalue weighted by Crippen LogP contribution is -2.43. The summed E-state index contributed by atoms with van der Waals surface area (Å²) in [5.41, 5.74) is 1.13. The summed E-state index contributed by atoms with van der Waals surface area (Å²) in [6, 6.07) is 0. The highest BCUT2D eigenvalue weighted by Crippen LogP contribution is 2.40. The number of ether oxygens (including phenoxy) is 4. The monoisotopic (exact) mass is 404 g/mol. The fourth-order valence-electron chi connectivity index (χ4n) is 3.44. The molecule has 3 heterocycles. The van der Waals surface area contributed by atoms with E-state index in [9.17, 15) is 5.11 Å². The second kappa shape index (κ2) is 6.66. The summed E-state index contributed by atoms with van der Waals surface area (Å²) in [5, 5.41) is 9.66. The van der Waals surface area contributed by atoms with Crippen molar-refractivity contribution < 1.29 is 24.1 Å². The molecule has 24 heavy (non-hydrogen) atoms. The van der Waals surface area contributed by atoms with Crippen LogP contribution in [0.3, 0.4) is 0 Å². The third-order valence-electron chi connectivity index (χ3n) is 4.21. The van der Waals surface area contributed by atoms with Crippen molar-refractivity contribution >= 4 is 22.5 Å². The van der Waals surface area contributed by atoms with Gasteiger partial charge in [0.1, 0.15) is 24.7 Å². The maximum Gasteiger partial charge on any atom is 0.164 e. The van der Waals surface area contributed by atoms with E-state index in [2.05, 4.69) is 21.1 Å². The minimum atomic E-state index is -0.750. The van der Waals surface area contributed by atoms with Crippen LogP contribution in [0.1, 0.15) is 34.1 Å². The molecule has 0 spiro atoms. The lowest BCUT2D eigenvalue weighted by Gasteiger charge is -2.26. The number of aliphatic imine (C=N–C) groups is 1. The summed E-state index contributed by atoms with van der Waals surface area (Å²) in [4.78, 5) is 4.19. The molecule has 3 rings (SSSR count). The average Bonchev–Trinajstić information content (AvgIpc) is 2.94. The first-order valence-corrected chi connectivity index (χ1v) is 8.86. The number of hydrogen-bond donors (Lipinski definition) is 1. The van der Waals surface area contributed by atoms with E-state index in [1.165, 1.54) is 0 Å². The molecule has 7 nitrogen and oxygen atoms in total. The Labute approximate surface area is 150 Å². The predicted octanol–water partition coefficient (Wildman–Crippen LogP) is 1.95. The maximum absolute atomic E-state index is 9.66. The van der Waals surface area contributed by atoms with E-state index < -0.39 is 17.7 Å². The van der Waals surface area contributed by atoms with Crippen LogP contribution in [0.4, 0.5) is 0 Å². The van der Waals surface area contributed by atoms with Crippen LogP contribution < -0.4 is 0 Å². The zero-order valence-electron chi connectivity index (χ0n) is 14.4. The van der Waals surface area contributed by atoms with Gasteiger partial charge in [-0.05, 0) is 33.3 Å². The molecule has 0 radical (unpaired) electrons. The standard InChI is InChI=1S/C16H25BrN2O5/c1-15(2)21-11(5-10-6-18-9-19(17)7-10)13(23-15)14-12(8-20)22-16(3,4)24-14/h6,9,11-14,20H,5,7-8H2,1-4H3. The van der Waals surface area contributed by atoms with E-state index in [-0.39, 0.29) is 24.9 Å². The molecule has 3 aliphatic rings. The molecule has 0 aromatic heterocycles. The van der Waals surface area contributed by atoms with E-state index in [1.54, 1.807) is 6.34 Å². The van der Waals surface area contributed by atoms with Crippen LogP contribution in [0.15, 0.2) is 16.8 Å². The van der Waals surface area contributed by atoms with E-state index in [1.807, 2.05) is 37.8 Å². The quantitative estimate of drug-likeness (QED) is 0.721. The highest BCUT2D eigenvalue weighted by Gasteiger charge is 2.53. The Kier molecular flexibility index (Phi) is 5.07. The zero-order chi connectivity index (χ0) is 17.5. The van der Waals surface area contributed by atoms with Crippen molar-refractivity contribution in [3.05, 3.63) is 11.8 Å². The predicted molar refractivity (Wildman–Crippen MR) is 91.6 cm³/mol. The largest absolute Gasteiger partial charge is 0.394 e. The van der Waals surface area contributed by atoms with Crippen LogP contribution in [0.5, 0.6) is 0 Å². The summed E-state index contributed by atoms with van der Waals surface area (Å²) >= 11 is 3.41. The molecule has 0 saturated carbocycles. The smallest absolute Gasteiger partial charge is 0.164 e. The van der Waals surface area contributed by atoms with Crippen LogP contribution in [-0.4, -0.2) is 64.5 Å². The van der Waals surface area contributed by atoms with Gasteiger partial charge in [-0.3, -0.25) is 3.93 Å². The molecular formula is C16H25BrN2O5. The topological polar surface area (TPSA) is 72.8 Å². The van der Waals surface area contributed by atoms with E-state index in [4.69, 9.17) is 18.9 Å². The molecule has 1 N–H and O–H groups in total. The third-order valence-corrected chi connectivity index (χ3v) is 4.65. The van der Waals surface area contributed by atoms with Gasteiger partial charge in [-0.2, -0.15) is 0 Å². The van der Waals surface area contributed by atoms with E-state index in [0.717, 1.165) is 12.1 Å². The van der Waals surface area contributed by atoms with Crippen molar-refractivity contribution in [2.75, 3.05) is 13.2 Å². The molecule has 0 aromatic carbocycles. The van der Waals surface area contributed by atoms with Crippen LogP contribution in [0.25, 0.3) is 0 Å². The highest BCUT2D eigenvalue weighted by atomic mass is 79.9. The van der Waals surface area contributed by atoms with Crippen molar-refractivity contribution in [1.29, 1.82) is 0 Å². The first-order valence-electron chi connectivity index (χ1n) is 8.15. The van der Waals surface area contributed by atoms with Gasteiger partial charge in [-0.1, -0.05) is 0 Å². The summed E-state index contributed by atoms with van der Waals surface area (Å²) in [6.45, 7) is 8.06. The third kappa shape index (κ3) is 4.00. The van der Waals surface area contributed by atoms with Crippen LogP contribution in [-0.2, 0) is 18.9 Å². The lowest BCUT2D eigenvalue weighted by atomic mass is 9.98. The molecule has 0 amide bonds. The number of hydrogen-bond acceptors (Lipinski definition) is 7. The van der Waals surface area contributed by atoms with E-state index in [0.29, 0.717) is 6.42 Å². The molecule has 4 unspecified atom stereocenters. The fourth-order valence-corrected chi connectivity index (χ4v) is 3.87. The Morgan fingerprint density at radius 3 is 2.29 bits per heavy atom. The zero-order valence-corrected chi connectivity index (χ0v) is 16.0. The number of rotatable bonds is 4. The van der Waals surface area contributed by atoms with Crippen molar-refractivity contribution in [1.82, 2.24) is 3.93 Å². The maximum atomic E-state index is 9.66. The Balaban J connectivity index is 1.77. The molecule has 2 fully saturated rings. The Morgan fingerprint density at radius 1 is 1.12 bits per heavy atom. The molecule has 0 aromatic rings. The number of aliphatic hydroxyl groups excluding tert-OH is 1. The van der Waals surface area contributed by atoms with Crippen molar-refractivity contribution in [3.8, 4) is 0 Å². The SMILES string of the molecule is CC1(C)OC(CO)C(C2OC(C)(C)OC2CC2=CN=CN(Br)C2)O1. The molecule has 0 bridgehead atoms. The minimum absolute atomic E-state index is 0.122. The normalized spacial score (nSPS) is 37.8. The molecule has 136 valence electrons. The molecular weight excluding hydrogens is 380 g/mol. The lowest BCUT2D eigenvalue weighted by molar-refractivity contribution is -0.175. The first-order chi connectivity index (χ1) is 11.2. The molecule has 2 saturated heterocycles. The van der Waals surface area contributed by atoms with Gasteiger partial charge >= 0.3 is 0 Å². The van der Waals surface area contributed by atoms with Crippen LogP contribution >= 0.6 is 16.1 Å². The van der Waals surface area contributed by atoms with Gasteiger partial charge in [0.2, 0.25) is 0 Å².